The van der Waals surface area contributed by atoms with E-state index in [-0.39, 0.29) is 12.5 Å². The van der Waals surface area contributed by atoms with Crippen LogP contribution in [0.25, 0.3) is 0 Å². The summed E-state index contributed by atoms with van der Waals surface area (Å²) in [5.41, 5.74) is 0. The van der Waals surface area contributed by atoms with Crippen molar-refractivity contribution in [3.8, 4) is 0 Å². The molecule has 1 fully saturated rings. The molecule has 0 saturated carbocycles. The average Bonchev–Trinajstić information content (AvgIpc) is 2.17. The van der Waals surface area contributed by atoms with Gasteiger partial charge in [0.05, 0.1) is 0 Å². The van der Waals surface area contributed by atoms with Crippen LogP contribution in [0.2, 0.25) is 0 Å². The predicted molar refractivity (Wildman–Crippen MR) is 54.9 cm³/mol. The van der Waals surface area contributed by atoms with Crippen LogP contribution in [0.5, 0.6) is 0 Å². The van der Waals surface area contributed by atoms with Crippen molar-refractivity contribution in [1.82, 2.24) is 10.2 Å². The van der Waals surface area contributed by atoms with E-state index in [1.807, 2.05) is 11.9 Å². The Kier molecular flexibility index (Phi) is 4.35. The first kappa shape index (κ1) is 11.5. The van der Waals surface area contributed by atoms with Gasteiger partial charge in [0, 0.05) is 32.7 Å². The molecular formula is C10H20N2O2. The molecule has 0 aromatic heterocycles. The van der Waals surface area contributed by atoms with E-state index >= 15 is 0 Å². The molecule has 1 aliphatic heterocycles. The number of aliphatic hydroxyl groups is 1. The number of nitrogens with one attached hydrogen (secondary N) is 1. The van der Waals surface area contributed by atoms with Crippen LogP contribution in [0.15, 0.2) is 0 Å². The van der Waals surface area contributed by atoms with Crippen molar-refractivity contribution in [2.45, 2.75) is 25.8 Å². The summed E-state index contributed by atoms with van der Waals surface area (Å²) in [6.45, 7) is 3.42. The fourth-order valence-corrected chi connectivity index (χ4v) is 2.06. The molecule has 1 amide bonds. The van der Waals surface area contributed by atoms with Gasteiger partial charge in [-0.25, -0.2) is 0 Å². The smallest absolute Gasteiger partial charge is 0.219 e. The van der Waals surface area contributed by atoms with Crippen LogP contribution in [-0.4, -0.2) is 48.7 Å². The van der Waals surface area contributed by atoms with E-state index in [2.05, 4.69) is 5.32 Å². The van der Waals surface area contributed by atoms with Crippen LogP contribution in [0.4, 0.5) is 0 Å². The lowest BCUT2D eigenvalue weighted by molar-refractivity contribution is -0.131. The molecule has 0 aromatic carbocycles. The van der Waals surface area contributed by atoms with E-state index in [9.17, 15) is 4.79 Å². The number of aliphatic hydroxyl groups excluding tert-OH is 1. The Bertz CT molecular complexity index is 197. The Morgan fingerprint density at radius 3 is 2.79 bits per heavy atom. The molecule has 4 heteroatoms. The number of carbonyl (C=O) groups excluding carboxylic acids is 1. The topological polar surface area (TPSA) is 52.6 Å². The highest BCUT2D eigenvalue weighted by Crippen LogP contribution is 2.19. The van der Waals surface area contributed by atoms with Crippen LogP contribution in [-0.2, 0) is 4.79 Å². The van der Waals surface area contributed by atoms with Gasteiger partial charge in [-0.2, -0.15) is 0 Å². The van der Waals surface area contributed by atoms with E-state index in [0.717, 1.165) is 25.9 Å². The second-order valence-electron chi connectivity index (χ2n) is 4.02. The van der Waals surface area contributed by atoms with E-state index in [4.69, 9.17) is 5.11 Å². The van der Waals surface area contributed by atoms with Gasteiger partial charge in [0.15, 0.2) is 0 Å². The molecule has 0 aromatic rings. The summed E-state index contributed by atoms with van der Waals surface area (Å²) in [5.74, 6) is 0.572. The zero-order valence-electron chi connectivity index (χ0n) is 8.99. The molecule has 82 valence electrons. The van der Waals surface area contributed by atoms with Gasteiger partial charge in [0.2, 0.25) is 5.91 Å². The number of carbonyl (C=O) groups is 1. The van der Waals surface area contributed by atoms with Gasteiger partial charge in [0.25, 0.3) is 0 Å². The van der Waals surface area contributed by atoms with Gasteiger partial charge in [-0.3, -0.25) is 4.79 Å². The minimum Gasteiger partial charge on any atom is -0.396 e. The highest BCUT2D eigenvalue weighted by molar-refractivity contribution is 5.73. The summed E-state index contributed by atoms with van der Waals surface area (Å²) < 4.78 is 0. The maximum atomic E-state index is 11.2. The molecule has 2 atom stereocenters. The zero-order valence-corrected chi connectivity index (χ0v) is 8.99. The summed E-state index contributed by atoms with van der Waals surface area (Å²) in [4.78, 5) is 13.1. The van der Waals surface area contributed by atoms with Crippen molar-refractivity contribution < 1.29 is 9.90 Å². The molecule has 0 aliphatic carbocycles. The number of likely N-dealkylation sites (tertiary alicyclic amines) is 1. The Labute approximate surface area is 85.3 Å². The van der Waals surface area contributed by atoms with Crippen LogP contribution < -0.4 is 5.32 Å². The normalized spacial score (nSPS) is 27.8. The minimum atomic E-state index is 0.132. The Morgan fingerprint density at radius 1 is 1.57 bits per heavy atom. The van der Waals surface area contributed by atoms with Gasteiger partial charge in [-0.1, -0.05) is 0 Å². The maximum absolute atomic E-state index is 11.2. The second-order valence-corrected chi connectivity index (χ2v) is 4.02. The third-order valence-electron chi connectivity index (χ3n) is 2.93. The third-order valence-corrected chi connectivity index (χ3v) is 2.93. The first-order valence-electron chi connectivity index (χ1n) is 5.21. The molecule has 1 aliphatic rings. The molecule has 1 heterocycles. The van der Waals surface area contributed by atoms with E-state index < -0.39 is 0 Å². The summed E-state index contributed by atoms with van der Waals surface area (Å²) in [5, 5.41) is 12.1. The molecule has 1 rings (SSSR count). The van der Waals surface area contributed by atoms with E-state index in [0.29, 0.717) is 12.0 Å². The Morgan fingerprint density at radius 2 is 2.29 bits per heavy atom. The molecule has 0 spiro atoms. The average molecular weight is 200 g/mol. The number of hydrogen-bond donors (Lipinski definition) is 2. The highest BCUT2D eigenvalue weighted by atomic mass is 16.3. The molecular weight excluding hydrogens is 180 g/mol. The molecule has 2 N–H and O–H groups in total. The van der Waals surface area contributed by atoms with Gasteiger partial charge in [0.1, 0.15) is 0 Å². The fourth-order valence-electron chi connectivity index (χ4n) is 2.06. The predicted octanol–water partition coefficient (Wildman–Crippen LogP) is -0.175. The van der Waals surface area contributed by atoms with Crippen LogP contribution >= 0.6 is 0 Å². The summed E-state index contributed by atoms with van der Waals surface area (Å²) in [6, 6.07) is 0.379. The van der Waals surface area contributed by atoms with Gasteiger partial charge in [-0.15, -0.1) is 0 Å². The van der Waals surface area contributed by atoms with Gasteiger partial charge in [-0.05, 0) is 25.8 Å². The quantitative estimate of drug-likeness (QED) is 0.665. The number of piperidine rings is 1. The summed E-state index contributed by atoms with van der Waals surface area (Å²) in [6.07, 6.45) is 1.85. The first-order chi connectivity index (χ1) is 6.67. The molecule has 0 bridgehead atoms. The lowest BCUT2D eigenvalue weighted by Crippen LogP contribution is -2.50. The second kappa shape index (κ2) is 5.32. The SMILES string of the molecule is CNC1CC(CCO)CN(C(C)=O)C1. The zero-order chi connectivity index (χ0) is 10.6. The van der Waals surface area contributed by atoms with E-state index in [1.54, 1.807) is 6.92 Å². The molecule has 1 saturated heterocycles. The number of amides is 1. The fraction of sp³-hybridized carbons (Fsp3) is 0.900. The van der Waals surface area contributed by atoms with Gasteiger partial charge < -0.3 is 15.3 Å². The lowest BCUT2D eigenvalue weighted by Gasteiger charge is -2.37. The van der Waals surface area contributed by atoms with Crippen molar-refractivity contribution in [2.75, 3.05) is 26.7 Å². The van der Waals surface area contributed by atoms with E-state index in [1.165, 1.54) is 0 Å². The van der Waals surface area contributed by atoms with Crippen LogP contribution in [0.1, 0.15) is 19.8 Å². The third kappa shape index (κ3) is 2.96. The number of rotatable bonds is 3. The number of nitrogens with zero attached hydrogens (tertiary/aromatic N) is 1. The monoisotopic (exact) mass is 200 g/mol. The number of hydrogen-bond acceptors (Lipinski definition) is 3. The Hall–Kier alpha value is -0.610. The largest absolute Gasteiger partial charge is 0.396 e. The summed E-state index contributed by atoms with van der Waals surface area (Å²) >= 11 is 0. The minimum absolute atomic E-state index is 0.132. The standard InChI is InChI=1S/C10H20N2O2/c1-8(14)12-6-9(3-4-13)5-10(7-12)11-2/h9-11,13H,3-7H2,1-2H3. The molecule has 2 unspecified atom stereocenters. The van der Waals surface area contributed by atoms with Crippen molar-refractivity contribution in [2.24, 2.45) is 5.92 Å². The molecule has 14 heavy (non-hydrogen) atoms. The molecule has 0 radical (unpaired) electrons. The number of likely N-dealkylation sites (N-methyl/N-ethyl adjacent to an activating group) is 1. The highest BCUT2D eigenvalue weighted by Gasteiger charge is 2.26. The van der Waals surface area contributed by atoms with Crippen molar-refractivity contribution in [1.29, 1.82) is 0 Å². The van der Waals surface area contributed by atoms with Crippen LogP contribution in [0, 0.1) is 5.92 Å². The molecule has 4 nitrogen and oxygen atoms in total. The lowest BCUT2D eigenvalue weighted by atomic mass is 9.92. The van der Waals surface area contributed by atoms with Crippen molar-refractivity contribution in [3.63, 3.8) is 0 Å². The maximum Gasteiger partial charge on any atom is 0.219 e. The van der Waals surface area contributed by atoms with Crippen molar-refractivity contribution in [3.05, 3.63) is 0 Å². The summed E-state index contributed by atoms with van der Waals surface area (Å²) in [7, 11) is 1.92. The Balaban J connectivity index is 2.52. The van der Waals surface area contributed by atoms with Crippen molar-refractivity contribution >= 4 is 5.91 Å². The van der Waals surface area contributed by atoms with Gasteiger partial charge >= 0.3 is 0 Å². The first-order valence-corrected chi connectivity index (χ1v) is 5.21. The van der Waals surface area contributed by atoms with Crippen LogP contribution in [0.3, 0.4) is 0 Å².